The first kappa shape index (κ1) is 28.6. The number of rotatable bonds is 7. The Morgan fingerprint density at radius 3 is 1.43 bits per heavy atom. The summed E-state index contributed by atoms with van der Waals surface area (Å²) in [6.45, 7) is 4.69. The van der Waals surface area contributed by atoms with E-state index in [1.54, 1.807) is 0 Å². The quantitative estimate of drug-likeness (QED) is 0.179. The summed E-state index contributed by atoms with van der Waals surface area (Å²) in [5, 5.41) is 0. The van der Waals surface area contributed by atoms with Crippen LogP contribution in [0.4, 0.5) is 34.1 Å². The normalized spacial score (nSPS) is 12.6. The molecule has 0 heterocycles. The molecule has 47 heavy (non-hydrogen) atoms. The van der Waals surface area contributed by atoms with Crippen molar-refractivity contribution < 1.29 is 0 Å². The van der Waals surface area contributed by atoms with Crippen LogP contribution in [0, 0.1) is 0 Å². The smallest absolute Gasteiger partial charge is 0.0541 e. The highest BCUT2D eigenvalue weighted by atomic mass is 15.2. The molecule has 2 nitrogen and oxygen atoms in total. The van der Waals surface area contributed by atoms with Crippen molar-refractivity contribution in [2.45, 2.75) is 19.3 Å². The first-order valence-electron chi connectivity index (χ1n) is 16.3. The third kappa shape index (κ3) is 5.09. The predicted molar refractivity (Wildman–Crippen MR) is 199 cm³/mol. The third-order valence-electron chi connectivity index (χ3n) is 9.43. The summed E-state index contributed by atoms with van der Waals surface area (Å²) in [5.74, 6) is 0. The van der Waals surface area contributed by atoms with E-state index in [-0.39, 0.29) is 5.41 Å². The van der Waals surface area contributed by atoms with Crippen molar-refractivity contribution in [2.24, 2.45) is 0 Å². The van der Waals surface area contributed by atoms with Gasteiger partial charge in [0.15, 0.2) is 0 Å². The number of fused-ring (bicyclic) bond motifs is 3. The molecule has 1 aliphatic carbocycles. The summed E-state index contributed by atoms with van der Waals surface area (Å²) in [6, 6.07) is 65.5. The maximum absolute atomic E-state index is 2.40. The molecule has 2 heteroatoms. The molecule has 0 saturated carbocycles. The van der Waals surface area contributed by atoms with Crippen molar-refractivity contribution in [1.82, 2.24) is 0 Å². The van der Waals surface area contributed by atoms with Crippen LogP contribution >= 0.6 is 0 Å². The molecule has 7 aromatic rings. The van der Waals surface area contributed by atoms with Gasteiger partial charge in [-0.05, 0) is 94.5 Å². The molecule has 0 amide bonds. The lowest BCUT2D eigenvalue weighted by Gasteiger charge is -2.31. The van der Waals surface area contributed by atoms with Crippen molar-refractivity contribution in [3.05, 3.63) is 193 Å². The van der Waals surface area contributed by atoms with Crippen LogP contribution in [0.2, 0.25) is 0 Å². The number of para-hydroxylation sites is 3. The minimum atomic E-state index is -0.0881. The Morgan fingerprint density at radius 1 is 0.340 bits per heavy atom. The summed E-state index contributed by atoms with van der Waals surface area (Å²) in [7, 11) is 0. The molecular formula is C45H36N2. The van der Waals surface area contributed by atoms with Gasteiger partial charge in [0.1, 0.15) is 0 Å². The minimum absolute atomic E-state index is 0.0881. The molecule has 0 spiro atoms. The second-order valence-electron chi connectivity index (χ2n) is 12.6. The van der Waals surface area contributed by atoms with E-state index in [0.717, 1.165) is 39.7 Å². The summed E-state index contributed by atoms with van der Waals surface area (Å²) in [4.78, 5) is 4.75. The van der Waals surface area contributed by atoms with Gasteiger partial charge in [0, 0.05) is 39.4 Å². The van der Waals surface area contributed by atoms with Crippen molar-refractivity contribution in [3.8, 4) is 22.3 Å². The van der Waals surface area contributed by atoms with Gasteiger partial charge in [-0.1, -0.05) is 129 Å². The molecule has 0 unspecified atom stereocenters. The standard InChI is InChI=1S/C45H36N2/c1-45(2)42-26-16-15-25-39(42)40-29-27-38(32-43(40)45)46(34-19-9-4-10-20-34)37-28-30-44(41(31-37)33-17-7-3-8-18-33)47(35-21-11-5-12-22-35)36-23-13-6-14-24-36/h3-32H,1-2H3. The van der Waals surface area contributed by atoms with Crippen LogP contribution in [-0.4, -0.2) is 0 Å². The van der Waals surface area contributed by atoms with Crippen LogP contribution in [0.1, 0.15) is 25.0 Å². The van der Waals surface area contributed by atoms with E-state index in [1.165, 1.54) is 27.8 Å². The zero-order valence-electron chi connectivity index (χ0n) is 26.7. The topological polar surface area (TPSA) is 6.48 Å². The van der Waals surface area contributed by atoms with Gasteiger partial charge in [0.25, 0.3) is 0 Å². The molecule has 0 atom stereocenters. The van der Waals surface area contributed by atoms with Gasteiger partial charge in [-0.3, -0.25) is 0 Å². The van der Waals surface area contributed by atoms with Gasteiger partial charge >= 0.3 is 0 Å². The molecule has 8 rings (SSSR count). The molecule has 226 valence electrons. The fraction of sp³-hybridized carbons (Fsp3) is 0.0667. The number of anilines is 6. The molecule has 1 aliphatic rings. The molecule has 0 bridgehead atoms. The summed E-state index contributed by atoms with van der Waals surface area (Å²) >= 11 is 0. The van der Waals surface area contributed by atoms with Crippen LogP contribution in [0.15, 0.2) is 182 Å². The zero-order valence-corrected chi connectivity index (χ0v) is 26.7. The Kier molecular flexibility index (Phi) is 7.19. The molecule has 0 fully saturated rings. The Balaban J connectivity index is 1.34. The van der Waals surface area contributed by atoms with Crippen molar-refractivity contribution in [2.75, 3.05) is 9.80 Å². The zero-order chi connectivity index (χ0) is 31.8. The van der Waals surface area contributed by atoms with Gasteiger partial charge in [-0.2, -0.15) is 0 Å². The molecule has 0 aliphatic heterocycles. The molecule has 7 aromatic carbocycles. The maximum atomic E-state index is 2.40. The van der Waals surface area contributed by atoms with Crippen molar-refractivity contribution in [3.63, 3.8) is 0 Å². The van der Waals surface area contributed by atoms with Crippen molar-refractivity contribution in [1.29, 1.82) is 0 Å². The predicted octanol–water partition coefficient (Wildman–Crippen LogP) is 12.6. The molecule has 0 N–H and O–H groups in total. The van der Waals surface area contributed by atoms with Crippen LogP contribution < -0.4 is 9.80 Å². The first-order chi connectivity index (χ1) is 23.1. The Labute approximate surface area is 277 Å². The SMILES string of the molecule is CC1(C)c2ccccc2-c2ccc(N(c3ccccc3)c3ccc(N(c4ccccc4)c4ccccc4)c(-c4ccccc4)c3)cc21. The Morgan fingerprint density at radius 2 is 0.809 bits per heavy atom. The van der Waals surface area contributed by atoms with Gasteiger partial charge in [-0.25, -0.2) is 0 Å². The van der Waals surface area contributed by atoms with Crippen molar-refractivity contribution >= 4 is 34.1 Å². The highest BCUT2D eigenvalue weighted by molar-refractivity contribution is 5.92. The van der Waals surface area contributed by atoms with Crippen LogP contribution in [-0.2, 0) is 5.41 Å². The first-order valence-corrected chi connectivity index (χ1v) is 16.3. The average molecular weight is 605 g/mol. The lowest BCUT2D eigenvalue weighted by atomic mass is 9.82. The van der Waals surface area contributed by atoms with Gasteiger partial charge in [0.2, 0.25) is 0 Å². The number of hydrogen-bond acceptors (Lipinski definition) is 2. The van der Waals surface area contributed by atoms with E-state index in [4.69, 9.17) is 0 Å². The van der Waals surface area contributed by atoms with E-state index >= 15 is 0 Å². The second-order valence-corrected chi connectivity index (χ2v) is 12.6. The van der Waals surface area contributed by atoms with E-state index < -0.39 is 0 Å². The van der Waals surface area contributed by atoms with Gasteiger partial charge in [0.05, 0.1) is 5.69 Å². The fourth-order valence-electron chi connectivity index (χ4n) is 7.14. The highest BCUT2D eigenvalue weighted by Gasteiger charge is 2.35. The number of nitrogens with zero attached hydrogens (tertiary/aromatic N) is 2. The largest absolute Gasteiger partial charge is 0.310 e. The lowest BCUT2D eigenvalue weighted by molar-refractivity contribution is 0.660. The van der Waals surface area contributed by atoms with Crippen LogP contribution in [0.3, 0.4) is 0 Å². The van der Waals surface area contributed by atoms with E-state index in [1.807, 2.05) is 0 Å². The lowest BCUT2D eigenvalue weighted by Crippen LogP contribution is -2.17. The number of benzene rings is 7. The molecule has 0 saturated heterocycles. The monoisotopic (exact) mass is 604 g/mol. The van der Waals surface area contributed by atoms with Crippen LogP contribution in [0.5, 0.6) is 0 Å². The van der Waals surface area contributed by atoms with E-state index in [2.05, 4.69) is 206 Å². The highest BCUT2D eigenvalue weighted by Crippen LogP contribution is 2.51. The number of hydrogen-bond donors (Lipinski definition) is 0. The summed E-state index contributed by atoms with van der Waals surface area (Å²) in [6.07, 6.45) is 0. The van der Waals surface area contributed by atoms with E-state index in [9.17, 15) is 0 Å². The summed E-state index contributed by atoms with van der Waals surface area (Å²) < 4.78 is 0. The maximum Gasteiger partial charge on any atom is 0.0541 e. The Bertz CT molecular complexity index is 2110. The molecule has 0 aromatic heterocycles. The van der Waals surface area contributed by atoms with Crippen LogP contribution in [0.25, 0.3) is 22.3 Å². The van der Waals surface area contributed by atoms with Gasteiger partial charge < -0.3 is 9.80 Å². The second kappa shape index (κ2) is 11.8. The summed E-state index contributed by atoms with van der Waals surface area (Å²) in [5.41, 5.74) is 14.4. The molecular weight excluding hydrogens is 569 g/mol. The Hall–Kier alpha value is -5.86. The molecule has 0 radical (unpaired) electrons. The fourth-order valence-corrected chi connectivity index (χ4v) is 7.14. The third-order valence-corrected chi connectivity index (χ3v) is 9.43. The van der Waals surface area contributed by atoms with E-state index in [0.29, 0.717) is 0 Å². The minimum Gasteiger partial charge on any atom is -0.310 e. The van der Waals surface area contributed by atoms with Gasteiger partial charge in [-0.15, -0.1) is 0 Å². The average Bonchev–Trinajstić information content (AvgIpc) is 3.36.